The van der Waals surface area contributed by atoms with Crippen molar-refractivity contribution >= 4 is 0 Å². The van der Waals surface area contributed by atoms with Crippen LogP contribution in [0.4, 0.5) is 0 Å². The van der Waals surface area contributed by atoms with E-state index in [1.54, 1.807) is 0 Å². The summed E-state index contributed by atoms with van der Waals surface area (Å²) in [6.07, 6.45) is 0.673. The van der Waals surface area contributed by atoms with Crippen LogP contribution < -0.4 is 0 Å². The van der Waals surface area contributed by atoms with Crippen LogP contribution in [0.5, 0.6) is 0 Å². The van der Waals surface area contributed by atoms with E-state index in [0.29, 0.717) is 6.42 Å². The highest BCUT2D eigenvalue weighted by molar-refractivity contribution is 4.76. The van der Waals surface area contributed by atoms with Gasteiger partial charge in [0, 0.05) is 39.1 Å². The van der Waals surface area contributed by atoms with Gasteiger partial charge in [-0.1, -0.05) is 34.6 Å². The highest BCUT2D eigenvalue weighted by Gasteiger charge is 2.13. The highest BCUT2D eigenvalue weighted by Crippen LogP contribution is 2.00. The summed E-state index contributed by atoms with van der Waals surface area (Å²) in [6.45, 7) is 16.9. The molecule has 1 aliphatic heterocycles. The number of rotatable bonds is 3. The molecule has 0 saturated carbocycles. The smallest absolute Gasteiger partial charge is 0.0635 e. The van der Waals surface area contributed by atoms with E-state index in [9.17, 15) is 0 Å². The molecule has 0 radical (unpaired) electrons. The normalized spacial score (nSPS) is 16.2. The number of nitrogens with zero attached hydrogens (tertiary/aromatic N) is 3. The van der Waals surface area contributed by atoms with Crippen molar-refractivity contribution in [1.82, 2.24) is 9.80 Å². The summed E-state index contributed by atoms with van der Waals surface area (Å²) in [4.78, 5) is 4.82. The molecule has 1 saturated heterocycles. The van der Waals surface area contributed by atoms with Gasteiger partial charge in [0.1, 0.15) is 0 Å². The van der Waals surface area contributed by atoms with Crippen LogP contribution in [0, 0.1) is 11.3 Å². The molecule has 0 unspecified atom stereocenters. The molecule has 1 aliphatic rings. The van der Waals surface area contributed by atoms with Crippen LogP contribution in [0.3, 0.4) is 0 Å². The van der Waals surface area contributed by atoms with Crippen molar-refractivity contribution in [3.8, 4) is 6.07 Å². The number of nitriles is 1. The van der Waals surface area contributed by atoms with Crippen molar-refractivity contribution in [2.75, 3.05) is 39.3 Å². The van der Waals surface area contributed by atoms with Gasteiger partial charge >= 0.3 is 0 Å². The van der Waals surface area contributed by atoms with E-state index in [4.69, 9.17) is 5.26 Å². The zero-order valence-electron chi connectivity index (χ0n) is 11.8. The van der Waals surface area contributed by atoms with Gasteiger partial charge in [0.15, 0.2) is 0 Å². The van der Waals surface area contributed by atoms with Crippen LogP contribution in [0.25, 0.3) is 0 Å². The molecule has 3 heteroatoms. The van der Waals surface area contributed by atoms with Crippen molar-refractivity contribution in [3.05, 3.63) is 0 Å². The van der Waals surface area contributed by atoms with Crippen molar-refractivity contribution in [1.29, 1.82) is 5.26 Å². The first-order chi connectivity index (χ1) is 7.86. The van der Waals surface area contributed by atoms with Gasteiger partial charge in [0.2, 0.25) is 0 Å². The molecule has 0 spiro atoms. The van der Waals surface area contributed by atoms with E-state index >= 15 is 0 Å². The molecule has 0 bridgehead atoms. The van der Waals surface area contributed by atoms with E-state index in [1.165, 1.54) is 13.1 Å². The lowest BCUT2D eigenvalue weighted by Gasteiger charge is -2.33. The predicted molar refractivity (Wildman–Crippen MR) is 71.5 cm³/mol. The van der Waals surface area contributed by atoms with E-state index < -0.39 is 0 Å². The molecule has 0 aromatic heterocycles. The van der Waals surface area contributed by atoms with Gasteiger partial charge in [-0.05, 0) is 6.54 Å². The zero-order chi connectivity index (χ0) is 12.8. The fourth-order valence-electron chi connectivity index (χ4n) is 1.54. The van der Waals surface area contributed by atoms with E-state index in [0.717, 1.165) is 26.2 Å². The van der Waals surface area contributed by atoms with Gasteiger partial charge in [-0.3, -0.25) is 4.90 Å². The van der Waals surface area contributed by atoms with Gasteiger partial charge in [-0.15, -0.1) is 0 Å². The predicted octanol–water partition coefficient (Wildman–Crippen LogP) is 2.59. The summed E-state index contributed by atoms with van der Waals surface area (Å²) >= 11 is 0. The van der Waals surface area contributed by atoms with Crippen LogP contribution in [0.15, 0.2) is 0 Å². The van der Waals surface area contributed by atoms with Gasteiger partial charge in [-0.25, -0.2) is 0 Å². The fourth-order valence-corrected chi connectivity index (χ4v) is 1.54. The fraction of sp³-hybridized carbons (Fsp3) is 0.923. The Labute approximate surface area is 102 Å². The van der Waals surface area contributed by atoms with Crippen molar-refractivity contribution < 1.29 is 0 Å². The third kappa shape index (κ3) is 8.70. The lowest BCUT2D eigenvalue weighted by molar-refractivity contribution is 0.139. The first kappa shape index (κ1) is 17.8. The molecule has 0 aromatic carbocycles. The van der Waals surface area contributed by atoms with Gasteiger partial charge in [0.25, 0.3) is 0 Å². The zero-order valence-corrected chi connectivity index (χ0v) is 11.8. The quantitative estimate of drug-likeness (QED) is 0.742. The minimum Gasteiger partial charge on any atom is -0.301 e. The molecule has 0 atom stereocenters. The summed E-state index contributed by atoms with van der Waals surface area (Å²) in [5.41, 5.74) is 0. The average Bonchev–Trinajstić information content (AvgIpc) is 2.41. The molecular formula is C13H29N3. The minimum absolute atomic E-state index is 0.673. The lowest BCUT2D eigenvalue weighted by Crippen LogP contribution is -2.46. The molecule has 0 aromatic rings. The summed E-state index contributed by atoms with van der Waals surface area (Å²) in [5, 5.41) is 8.41. The second kappa shape index (κ2) is 14.4. The summed E-state index contributed by atoms with van der Waals surface area (Å²) in [7, 11) is 0. The molecule has 96 valence electrons. The van der Waals surface area contributed by atoms with Crippen LogP contribution >= 0.6 is 0 Å². The lowest BCUT2D eigenvalue weighted by atomic mass is 10.3. The maximum Gasteiger partial charge on any atom is 0.0635 e. The number of hydrogen-bond acceptors (Lipinski definition) is 3. The Morgan fingerprint density at radius 2 is 1.38 bits per heavy atom. The SMILES string of the molecule is CC.CC.CCN1CCN(CCC#N)CC1. The molecule has 0 amide bonds. The third-order valence-electron chi connectivity index (χ3n) is 2.45. The number of hydrogen-bond donors (Lipinski definition) is 0. The second-order valence-electron chi connectivity index (χ2n) is 3.18. The van der Waals surface area contributed by atoms with Crippen LogP contribution in [-0.2, 0) is 0 Å². The first-order valence-electron chi connectivity index (χ1n) is 6.68. The Morgan fingerprint density at radius 1 is 0.938 bits per heavy atom. The van der Waals surface area contributed by atoms with Gasteiger partial charge in [-0.2, -0.15) is 5.26 Å². The van der Waals surface area contributed by atoms with Crippen LogP contribution in [0.1, 0.15) is 41.0 Å². The Bertz CT molecular complexity index is 155. The second-order valence-corrected chi connectivity index (χ2v) is 3.18. The summed E-state index contributed by atoms with van der Waals surface area (Å²) < 4.78 is 0. The molecular weight excluding hydrogens is 198 g/mol. The van der Waals surface area contributed by atoms with E-state index in [1.807, 2.05) is 27.7 Å². The molecule has 0 N–H and O–H groups in total. The Balaban J connectivity index is 0. The highest BCUT2D eigenvalue weighted by atomic mass is 15.3. The topological polar surface area (TPSA) is 30.3 Å². The number of likely N-dealkylation sites (N-methyl/N-ethyl adjacent to an activating group) is 1. The molecule has 16 heavy (non-hydrogen) atoms. The monoisotopic (exact) mass is 227 g/mol. The largest absolute Gasteiger partial charge is 0.301 e. The van der Waals surface area contributed by atoms with Crippen molar-refractivity contribution in [3.63, 3.8) is 0 Å². The maximum atomic E-state index is 8.41. The van der Waals surface area contributed by atoms with Crippen LogP contribution in [-0.4, -0.2) is 49.1 Å². The Kier molecular flexibility index (Phi) is 16.0. The number of piperazine rings is 1. The summed E-state index contributed by atoms with van der Waals surface area (Å²) in [6, 6.07) is 2.18. The minimum atomic E-state index is 0.673. The maximum absolute atomic E-state index is 8.41. The first-order valence-corrected chi connectivity index (χ1v) is 6.68. The molecule has 1 heterocycles. The van der Waals surface area contributed by atoms with Gasteiger partial charge in [0.05, 0.1) is 6.07 Å². The standard InChI is InChI=1S/C9H17N3.2C2H6/c1-2-11-6-8-12(9-7-11)5-3-4-10;2*1-2/h2-3,5-9H2,1H3;2*1-2H3. The van der Waals surface area contributed by atoms with E-state index in [2.05, 4.69) is 22.8 Å². The third-order valence-corrected chi connectivity index (χ3v) is 2.45. The average molecular weight is 227 g/mol. The molecule has 0 aliphatic carbocycles. The Morgan fingerprint density at radius 3 is 1.75 bits per heavy atom. The van der Waals surface area contributed by atoms with Crippen molar-refractivity contribution in [2.45, 2.75) is 41.0 Å². The van der Waals surface area contributed by atoms with Crippen LogP contribution in [0.2, 0.25) is 0 Å². The molecule has 1 rings (SSSR count). The molecule has 1 fully saturated rings. The summed E-state index contributed by atoms with van der Waals surface area (Å²) in [5.74, 6) is 0. The molecule has 3 nitrogen and oxygen atoms in total. The van der Waals surface area contributed by atoms with Crippen molar-refractivity contribution in [2.24, 2.45) is 0 Å². The van der Waals surface area contributed by atoms with Gasteiger partial charge < -0.3 is 4.90 Å². The Hall–Kier alpha value is -0.590. The van der Waals surface area contributed by atoms with E-state index in [-0.39, 0.29) is 0 Å².